The third-order valence-electron chi connectivity index (χ3n) is 6.30. The minimum absolute atomic E-state index is 0.00795. The van der Waals surface area contributed by atoms with Crippen molar-refractivity contribution in [2.75, 3.05) is 12.3 Å². The van der Waals surface area contributed by atoms with Crippen LogP contribution in [0.5, 0.6) is 11.5 Å². The molecule has 0 atom stereocenters. The summed E-state index contributed by atoms with van der Waals surface area (Å²) in [5, 5.41) is 0.00795. The van der Waals surface area contributed by atoms with E-state index in [2.05, 4.69) is 9.30 Å². The highest BCUT2D eigenvalue weighted by atomic mass is 35.5. The molecule has 3 heterocycles. The maximum atomic E-state index is 13.3. The molecule has 0 N–H and O–H groups in total. The van der Waals surface area contributed by atoms with Crippen molar-refractivity contribution in [2.45, 2.75) is 37.1 Å². The summed E-state index contributed by atoms with van der Waals surface area (Å²) in [5.41, 5.74) is 0.695. The Morgan fingerprint density at radius 1 is 1.10 bits per heavy atom. The second-order valence-corrected chi connectivity index (χ2v) is 10.1. The van der Waals surface area contributed by atoms with Crippen molar-refractivity contribution in [3.8, 4) is 11.5 Å². The number of hydrogen-bond donors (Lipinski definition) is 0. The van der Waals surface area contributed by atoms with Gasteiger partial charge in [-0.3, -0.25) is 0 Å². The van der Waals surface area contributed by atoms with E-state index < -0.39 is 15.8 Å². The highest BCUT2D eigenvalue weighted by Crippen LogP contribution is 2.49. The van der Waals surface area contributed by atoms with Gasteiger partial charge in [0.1, 0.15) is 23.2 Å². The van der Waals surface area contributed by atoms with Gasteiger partial charge in [-0.2, -0.15) is 0 Å². The molecule has 0 unspecified atom stereocenters. The van der Waals surface area contributed by atoms with Gasteiger partial charge in [-0.15, -0.1) is 4.40 Å². The van der Waals surface area contributed by atoms with Crippen LogP contribution in [-0.2, 0) is 15.4 Å². The van der Waals surface area contributed by atoms with Crippen LogP contribution in [0.1, 0.15) is 31.2 Å². The standard InChI is InChI=1S/C21H20ClFN2O3S/c22-18-13-17(5-6-19(18)23)28-16-3-1-14(2-4-16)21-9-7-15(8-10-21)25-11-12-29(26,27)24-20(21)25/h1-6,13,15H,7-12H2. The van der Waals surface area contributed by atoms with E-state index in [0.717, 1.165) is 31.2 Å². The van der Waals surface area contributed by atoms with E-state index >= 15 is 0 Å². The average molecular weight is 435 g/mol. The lowest BCUT2D eigenvalue weighted by atomic mass is 9.63. The lowest BCUT2D eigenvalue weighted by Gasteiger charge is -2.55. The molecule has 29 heavy (non-hydrogen) atoms. The Labute approximate surface area is 174 Å². The molecule has 2 aromatic carbocycles. The van der Waals surface area contributed by atoms with Gasteiger partial charge in [-0.1, -0.05) is 23.7 Å². The summed E-state index contributed by atoms with van der Waals surface area (Å²) in [7, 11) is -3.40. The molecule has 0 spiro atoms. The second-order valence-electron chi connectivity index (χ2n) is 7.91. The summed E-state index contributed by atoms with van der Waals surface area (Å²) in [4.78, 5) is 2.21. The van der Waals surface area contributed by atoms with Crippen molar-refractivity contribution in [2.24, 2.45) is 4.40 Å². The lowest BCUT2D eigenvalue weighted by molar-refractivity contribution is 0.151. The van der Waals surface area contributed by atoms with E-state index in [4.69, 9.17) is 16.3 Å². The second kappa shape index (κ2) is 6.71. The van der Waals surface area contributed by atoms with Crippen LogP contribution in [0.15, 0.2) is 46.9 Å². The third kappa shape index (κ3) is 3.20. The van der Waals surface area contributed by atoms with Crippen molar-refractivity contribution < 1.29 is 17.5 Å². The van der Waals surface area contributed by atoms with Crippen LogP contribution in [0.25, 0.3) is 0 Å². The Hall–Kier alpha value is -2.12. The zero-order valence-corrected chi connectivity index (χ0v) is 17.2. The maximum absolute atomic E-state index is 13.3. The van der Waals surface area contributed by atoms with Gasteiger partial charge < -0.3 is 9.64 Å². The molecule has 4 aliphatic rings. The summed E-state index contributed by atoms with van der Waals surface area (Å²) in [6.45, 7) is 0.528. The maximum Gasteiger partial charge on any atom is 0.256 e. The first-order valence-electron chi connectivity index (χ1n) is 9.70. The van der Waals surface area contributed by atoms with Crippen molar-refractivity contribution in [1.29, 1.82) is 0 Å². The van der Waals surface area contributed by atoms with E-state index in [1.165, 1.54) is 18.2 Å². The SMILES string of the molecule is O=S1(=O)CCN2C(=N1)C1(c3ccc(Oc4ccc(F)c(Cl)c4)cc3)CCC2CC1. The monoisotopic (exact) mass is 434 g/mol. The molecular weight excluding hydrogens is 415 g/mol. The number of nitrogens with zero attached hydrogens (tertiary/aromatic N) is 2. The molecule has 2 saturated heterocycles. The van der Waals surface area contributed by atoms with E-state index in [0.29, 0.717) is 29.9 Å². The first-order valence-corrected chi connectivity index (χ1v) is 11.7. The predicted molar refractivity (Wildman–Crippen MR) is 110 cm³/mol. The smallest absolute Gasteiger partial charge is 0.256 e. The summed E-state index contributed by atoms with van der Waals surface area (Å²) >= 11 is 5.81. The number of piperidine rings is 2. The minimum atomic E-state index is -3.40. The zero-order chi connectivity index (χ0) is 20.2. The molecule has 152 valence electrons. The Morgan fingerprint density at radius 3 is 2.48 bits per heavy atom. The number of hydrogen-bond acceptors (Lipinski definition) is 4. The first-order chi connectivity index (χ1) is 13.9. The van der Waals surface area contributed by atoms with E-state index in [1.54, 1.807) is 0 Å². The fraction of sp³-hybridized carbons (Fsp3) is 0.381. The van der Waals surface area contributed by atoms with Gasteiger partial charge in [0.05, 0.1) is 16.2 Å². The summed E-state index contributed by atoms with van der Waals surface area (Å²) < 4.78 is 47.7. The molecule has 0 amide bonds. The fourth-order valence-corrected chi connectivity index (χ4v) is 6.07. The van der Waals surface area contributed by atoms with Crippen LogP contribution in [-0.4, -0.2) is 37.5 Å². The zero-order valence-electron chi connectivity index (χ0n) is 15.6. The van der Waals surface area contributed by atoms with Crippen LogP contribution in [0.2, 0.25) is 5.02 Å². The number of rotatable bonds is 3. The molecule has 6 rings (SSSR count). The number of benzene rings is 2. The number of ether oxygens (including phenoxy) is 1. The van der Waals surface area contributed by atoms with Crippen molar-refractivity contribution in [3.63, 3.8) is 0 Å². The molecule has 2 bridgehead atoms. The molecule has 3 fully saturated rings. The minimum Gasteiger partial charge on any atom is -0.457 e. The molecule has 8 heteroatoms. The number of halogens is 2. The van der Waals surface area contributed by atoms with Crippen LogP contribution >= 0.6 is 11.6 Å². The van der Waals surface area contributed by atoms with Crippen LogP contribution in [0, 0.1) is 5.82 Å². The molecule has 0 aromatic heterocycles. The Balaban J connectivity index is 1.47. The Kier molecular flexibility index (Phi) is 4.37. The summed E-state index contributed by atoms with van der Waals surface area (Å²) in [6.07, 6.45) is 3.89. The van der Waals surface area contributed by atoms with Crippen molar-refractivity contribution >= 4 is 27.5 Å². The quantitative estimate of drug-likeness (QED) is 0.713. The van der Waals surface area contributed by atoms with Gasteiger partial charge in [0, 0.05) is 18.7 Å². The molecule has 1 saturated carbocycles. The van der Waals surface area contributed by atoms with Crippen LogP contribution in [0.4, 0.5) is 4.39 Å². The Morgan fingerprint density at radius 2 is 1.79 bits per heavy atom. The van der Waals surface area contributed by atoms with Crippen LogP contribution < -0.4 is 4.74 Å². The van der Waals surface area contributed by atoms with Crippen molar-refractivity contribution in [1.82, 2.24) is 4.90 Å². The summed E-state index contributed by atoms with van der Waals surface area (Å²) in [5.74, 6) is 1.37. The molecule has 3 aliphatic heterocycles. The molecular formula is C21H20ClFN2O3S. The molecule has 0 radical (unpaired) electrons. The first kappa shape index (κ1) is 18.9. The highest BCUT2D eigenvalue weighted by Gasteiger charge is 2.52. The van der Waals surface area contributed by atoms with Gasteiger partial charge >= 0.3 is 0 Å². The predicted octanol–water partition coefficient (Wildman–Crippen LogP) is 4.51. The van der Waals surface area contributed by atoms with Gasteiger partial charge in [0.15, 0.2) is 0 Å². The van der Waals surface area contributed by atoms with Gasteiger partial charge in [-0.05, 0) is 55.5 Å². The summed E-state index contributed by atoms with van der Waals surface area (Å²) in [6, 6.07) is 12.3. The average Bonchev–Trinajstić information content (AvgIpc) is 2.71. The van der Waals surface area contributed by atoms with E-state index in [-0.39, 0.29) is 16.2 Å². The van der Waals surface area contributed by atoms with Crippen molar-refractivity contribution in [3.05, 3.63) is 58.9 Å². The highest BCUT2D eigenvalue weighted by molar-refractivity contribution is 7.90. The van der Waals surface area contributed by atoms with E-state index in [9.17, 15) is 12.8 Å². The number of fused-ring (bicyclic) bond motifs is 2. The number of sulfonamides is 1. The van der Waals surface area contributed by atoms with Gasteiger partial charge in [0.25, 0.3) is 10.0 Å². The topological polar surface area (TPSA) is 59.0 Å². The van der Waals surface area contributed by atoms with E-state index in [1.807, 2.05) is 24.3 Å². The third-order valence-corrected chi connectivity index (χ3v) is 7.74. The molecule has 5 nitrogen and oxygen atoms in total. The normalized spacial score (nSPS) is 27.3. The Bertz CT molecular complexity index is 1090. The van der Waals surface area contributed by atoms with Gasteiger partial charge in [-0.25, -0.2) is 12.8 Å². The fourth-order valence-electron chi connectivity index (χ4n) is 4.83. The molecule has 2 aromatic rings. The largest absolute Gasteiger partial charge is 0.457 e. The van der Waals surface area contributed by atoms with Gasteiger partial charge in [0.2, 0.25) is 0 Å². The lowest BCUT2D eigenvalue weighted by Crippen LogP contribution is -2.62. The number of amidine groups is 1. The molecule has 1 aliphatic carbocycles. The van der Waals surface area contributed by atoms with Crippen LogP contribution in [0.3, 0.4) is 0 Å².